The van der Waals surface area contributed by atoms with E-state index in [-0.39, 0.29) is 5.60 Å². The molecule has 1 aliphatic rings. The minimum Gasteiger partial charge on any atom is -0.389 e. The van der Waals surface area contributed by atoms with Crippen molar-refractivity contribution in [3.8, 4) is 0 Å². The Hall–Kier alpha value is -0.280. The Morgan fingerprint density at radius 2 is 2.11 bits per heavy atom. The van der Waals surface area contributed by atoms with E-state index >= 15 is 0 Å². The first kappa shape index (κ1) is 15.1. The molecule has 4 heteroatoms. The highest BCUT2D eigenvalue weighted by Gasteiger charge is 2.41. The Bertz CT molecular complexity index is 463. The van der Waals surface area contributed by atoms with Crippen LogP contribution >= 0.6 is 23.2 Å². The lowest BCUT2D eigenvalue weighted by Gasteiger charge is -2.43. The first-order chi connectivity index (χ1) is 8.86. The summed E-state index contributed by atoms with van der Waals surface area (Å²) in [5.74, 6) is 0. The Kier molecular flexibility index (Phi) is 4.46. The van der Waals surface area contributed by atoms with Gasteiger partial charge in [-0.25, -0.2) is 0 Å². The minimum atomic E-state index is -0.750. The van der Waals surface area contributed by atoms with Crippen LogP contribution in [0.3, 0.4) is 0 Å². The van der Waals surface area contributed by atoms with Gasteiger partial charge in [-0.05, 0) is 37.5 Å². The van der Waals surface area contributed by atoms with Crippen molar-refractivity contribution in [2.24, 2.45) is 0 Å². The zero-order valence-corrected chi connectivity index (χ0v) is 12.9. The smallest absolute Gasteiger partial charge is 0.0737 e. The van der Waals surface area contributed by atoms with Crippen LogP contribution in [0, 0.1) is 0 Å². The molecule has 0 aliphatic carbocycles. The van der Waals surface area contributed by atoms with Crippen molar-refractivity contribution >= 4 is 23.2 Å². The third-order valence-corrected chi connectivity index (χ3v) is 4.59. The predicted molar refractivity (Wildman–Crippen MR) is 79.0 cm³/mol. The molecule has 1 N–H and O–H groups in total. The molecule has 1 aliphatic heterocycles. The largest absolute Gasteiger partial charge is 0.389 e. The number of halogens is 2. The van der Waals surface area contributed by atoms with Gasteiger partial charge in [-0.3, -0.25) is 0 Å². The monoisotopic (exact) mass is 302 g/mol. The summed E-state index contributed by atoms with van der Waals surface area (Å²) in [6, 6.07) is 5.42. The predicted octanol–water partition coefficient (Wildman–Crippen LogP) is 4.25. The van der Waals surface area contributed by atoms with E-state index in [1.807, 2.05) is 12.1 Å². The maximum absolute atomic E-state index is 10.8. The number of aliphatic hydroxyl groups is 1. The summed E-state index contributed by atoms with van der Waals surface area (Å²) >= 11 is 12.1. The number of ether oxygens (including phenoxy) is 1. The Morgan fingerprint density at radius 3 is 2.74 bits per heavy atom. The number of hydrogen-bond acceptors (Lipinski definition) is 2. The summed E-state index contributed by atoms with van der Waals surface area (Å²) < 4.78 is 5.78. The van der Waals surface area contributed by atoms with Gasteiger partial charge in [-0.15, -0.1) is 0 Å². The fraction of sp³-hybridized carbons (Fsp3) is 0.600. The van der Waals surface area contributed by atoms with Crippen molar-refractivity contribution in [3.05, 3.63) is 33.8 Å². The van der Waals surface area contributed by atoms with Crippen molar-refractivity contribution < 1.29 is 9.84 Å². The van der Waals surface area contributed by atoms with E-state index in [1.165, 1.54) is 0 Å². The van der Waals surface area contributed by atoms with Crippen molar-refractivity contribution in [3.63, 3.8) is 0 Å². The van der Waals surface area contributed by atoms with Crippen molar-refractivity contribution in [1.82, 2.24) is 0 Å². The van der Waals surface area contributed by atoms with E-state index < -0.39 is 5.60 Å². The van der Waals surface area contributed by atoms with Gasteiger partial charge in [-0.2, -0.15) is 0 Å². The van der Waals surface area contributed by atoms with E-state index in [4.69, 9.17) is 27.9 Å². The van der Waals surface area contributed by atoms with E-state index in [1.54, 1.807) is 6.07 Å². The van der Waals surface area contributed by atoms with Crippen LogP contribution in [-0.4, -0.2) is 22.9 Å². The van der Waals surface area contributed by atoms with E-state index in [9.17, 15) is 5.11 Å². The summed E-state index contributed by atoms with van der Waals surface area (Å²) in [6.07, 6.45) is 2.71. The van der Waals surface area contributed by atoms with E-state index in [2.05, 4.69) is 13.8 Å². The first-order valence-corrected chi connectivity index (χ1v) is 7.42. The lowest BCUT2D eigenvalue weighted by atomic mass is 9.78. The number of benzene rings is 1. The maximum atomic E-state index is 10.8. The molecule has 106 valence electrons. The Labute approximate surface area is 124 Å². The lowest BCUT2D eigenvalue weighted by molar-refractivity contribution is -0.152. The van der Waals surface area contributed by atoms with Crippen LogP contribution < -0.4 is 0 Å². The molecule has 2 unspecified atom stereocenters. The molecule has 1 saturated heterocycles. The molecular weight excluding hydrogens is 283 g/mol. The molecule has 1 aromatic carbocycles. The third kappa shape index (κ3) is 3.63. The average molecular weight is 303 g/mol. The van der Waals surface area contributed by atoms with Gasteiger partial charge < -0.3 is 9.84 Å². The van der Waals surface area contributed by atoms with Gasteiger partial charge in [0, 0.05) is 22.9 Å². The number of hydrogen-bond donors (Lipinski definition) is 1. The van der Waals surface area contributed by atoms with E-state index in [0.717, 1.165) is 12.0 Å². The highest BCUT2D eigenvalue weighted by atomic mass is 35.5. The summed E-state index contributed by atoms with van der Waals surface area (Å²) in [7, 11) is 0. The van der Waals surface area contributed by atoms with Crippen LogP contribution in [0.15, 0.2) is 18.2 Å². The van der Waals surface area contributed by atoms with E-state index in [0.29, 0.717) is 35.9 Å². The normalized spacial score (nSPS) is 31.4. The van der Waals surface area contributed by atoms with Crippen molar-refractivity contribution in [1.29, 1.82) is 0 Å². The topological polar surface area (TPSA) is 29.5 Å². The van der Waals surface area contributed by atoms with Gasteiger partial charge in [0.1, 0.15) is 0 Å². The van der Waals surface area contributed by atoms with Crippen LogP contribution in [0.4, 0.5) is 0 Å². The second-order valence-corrected chi connectivity index (χ2v) is 6.56. The molecule has 2 rings (SSSR count). The molecule has 2 atom stereocenters. The molecule has 2 nitrogen and oxygen atoms in total. The molecule has 0 radical (unpaired) electrons. The maximum Gasteiger partial charge on any atom is 0.0737 e. The molecule has 0 bridgehead atoms. The standard InChI is InChI=1S/C15H20Cl2O2/c1-3-14(2)10-15(18,6-7-19-14)9-11-4-5-12(16)8-13(11)17/h4-5,8,18H,3,6-7,9-10H2,1-2H3. The van der Waals surface area contributed by atoms with Crippen molar-refractivity contribution in [2.75, 3.05) is 6.61 Å². The van der Waals surface area contributed by atoms with Gasteiger partial charge in [0.25, 0.3) is 0 Å². The van der Waals surface area contributed by atoms with Crippen LogP contribution in [0.5, 0.6) is 0 Å². The van der Waals surface area contributed by atoms with Crippen LogP contribution in [0.25, 0.3) is 0 Å². The second kappa shape index (κ2) is 5.61. The molecule has 1 fully saturated rings. The van der Waals surface area contributed by atoms with Gasteiger partial charge in [0.2, 0.25) is 0 Å². The molecule has 1 heterocycles. The molecule has 0 aromatic heterocycles. The first-order valence-electron chi connectivity index (χ1n) is 6.66. The van der Waals surface area contributed by atoms with Gasteiger partial charge in [-0.1, -0.05) is 36.2 Å². The molecule has 19 heavy (non-hydrogen) atoms. The highest BCUT2D eigenvalue weighted by Crippen LogP contribution is 2.37. The lowest BCUT2D eigenvalue weighted by Crippen LogP contribution is -2.48. The summed E-state index contributed by atoms with van der Waals surface area (Å²) in [4.78, 5) is 0. The number of rotatable bonds is 3. The summed E-state index contributed by atoms with van der Waals surface area (Å²) in [5, 5.41) is 12.0. The van der Waals surface area contributed by atoms with Crippen LogP contribution in [-0.2, 0) is 11.2 Å². The third-order valence-electron chi connectivity index (χ3n) is 4.00. The van der Waals surface area contributed by atoms with Gasteiger partial charge >= 0.3 is 0 Å². The molecule has 1 aromatic rings. The van der Waals surface area contributed by atoms with Gasteiger partial charge in [0.05, 0.1) is 17.8 Å². The second-order valence-electron chi connectivity index (χ2n) is 5.72. The zero-order valence-electron chi connectivity index (χ0n) is 11.4. The average Bonchev–Trinajstić information content (AvgIpc) is 2.33. The minimum absolute atomic E-state index is 0.244. The SMILES string of the molecule is CCC1(C)CC(O)(Cc2ccc(Cl)cc2Cl)CCO1. The molecule has 0 saturated carbocycles. The Morgan fingerprint density at radius 1 is 1.37 bits per heavy atom. The van der Waals surface area contributed by atoms with Crippen LogP contribution in [0.1, 0.15) is 38.7 Å². The quantitative estimate of drug-likeness (QED) is 0.904. The summed E-state index contributed by atoms with van der Waals surface area (Å²) in [5.41, 5.74) is -0.0549. The Balaban J connectivity index is 2.16. The summed E-state index contributed by atoms with van der Waals surface area (Å²) in [6.45, 7) is 4.73. The fourth-order valence-electron chi connectivity index (χ4n) is 2.72. The van der Waals surface area contributed by atoms with Gasteiger partial charge in [0.15, 0.2) is 0 Å². The van der Waals surface area contributed by atoms with Crippen LogP contribution in [0.2, 0.25) is 10.0 Å². The zero-order chi connectivity index (χ0) is 14.1. The molecule has 0 amide bonds. The fourth-order valence-corrected chi connectivity index (χ4v) is 3.20. The molecular formula is C15H20Cl2O2. The van der Waals surface area contributed by atoms with Crippen molar-refractivity contribution in [2.45, 2.75) is 50.7 Å². The highest BCUT2D eigenvalue weighted by molar-refractivity contribution is 6.35. The molecule has 0 spiro atoms.